The quantitative estimate of drug-likeness (QED) is 0.498. The summed E-state index contributed by atoms with van der Waals surface area (Å²) in [5.41, 5.74) is 1.63. The molecule has 1 amide bonds. The largest absolute Gasteiger partial charge is 0.352 e. The van der Waals surface area contributed by atoms with E-state index in [4.69, 9.17) is 5.14 Å². The molecular weight excluding hydrogens is 396 g/mol. The van der Waals surface area contributed by atoms with Crippen LogP contribution >= 0.6 is 0 Å². The molecule has 0 radical (unpaired) electrons. The van der Waals surface area contributed by atoms with Gasteiger partial charge in [0.1, 0.15) is 0 Å². The highest BCUT2D eigenvalue weighted by Crippen LogP contribution is 2.14. The first-order valence-corrected chi connectivity index (χ1v) is 10.4. The fourth-order valence-electron chi connectivity index (χ4n) is 2.82. The van der Waals surface area contributed by atoms with Gasteiger partial charge in [-0.2, -0.15) is 10.2 Å². The third-order valence-corrected chi connectivity index (χ3v) is 5.21. The maximum atomic E-state index is 12.6. The lowest BCUT2D eigenvalue weighted by Gasteiger charge is -2.08. The van der Waals surface area contributed by atoms with Crippen LogP contribution in [-0.2, 0) is 22.9 Å². The van der Waals surface area contributed by atoms with Crippen molar-refractivity contribution in [2.45, 2.75) is 24.7 Å². The number of hydrogen-bond donors (Lipinski definition) is 3. The molecule has 0 bridgehead atoms. The number of nitrogens with two attached hydrogens (primary N) is 1. The normalized spacial score (nSPS) is 11.4. The van der Waals surface area contributed by atoms with Crippen LogP contribution in [0, 0.1) is 0 Å². The molecule has 0 spiro atoms. The summed E-state index contributed by atoms with van der Waals surface area (Å²) in [5, 5.41) is 18.4. The molecule has 3 rings (SSSR count). The van der Waals surface area contributed by atoms with Crippen LogP contribution in [0.5, 0.6) is 0 Å². The van der Waals surface area contributed by atoms with Crippen LogP contribution < -0.4 is 16.0 Å². The van der Waals surface area contributed by atoms with E-state index in [1.165, 1.54) is 35.1 Å². The van der Waals surface area contributed by atoms with E-state index < -0.39 is 10.0 Å². The summed E-state index contributed by atoms with van der Waals surface area (Å²) < 4.78 is 24.1. The smallest absolute Gasteiger partial charge is 0.264 e. The second-order valence-electron chi connectivity index (χ2n) is 6.24. The van der Waals surface area contributed by atoms with Crippen LogP contribution in [0.3, 0.4) is 0 Å². The molecule has 152 valence electrons. The number of nitrogens with one attached hydrogen (secondary N) is 2. The van der Waals surface area contributed by atoms with Crippen molar-refractivity contribution in [2.24, 2.45) is 5.14 Å². The number of primary sulfonamides is 1. The first-order valence-electron chi connectivity index (χ1n) is 8.82. The zero-order valence-corrected chi connectivity index (χ0v) is 16.4. The van der Waals surface area contributed by atoms with Gasteiger partial charge in [0.25, 0.3) is 11.5 Å². The lowest BCUT2D eigenvalue weighted by Crippen LogP contribution is -2.26. The van der Waals surface area contributed by atoms with Gasteiger partial charge in [-0.3, -0.25) is 9.59 Å². The van der Waals surface area contributed by atoms with Crippen LogP contribution in [0.2, 0.25) is 0 Å². The molecule has 3 aromatic rings. The van der Waals surface area contributed by atoms with Crippen molar-refractivity contribution in [2.75, 3.05) is 6.54 Å². The Hall–Kier alpha value is -3.31. The molecule has 0 aliphatic rings. The van der Waals surface area contributed by atoms with E-state index in [1.807, 2.05) is 6.92 Å². The van der Waals surface area contributed by atoms with Crippen LogP contribution in [0.4, 0.5) is 0 Å². The minimum absolute atomic E-state index is 0.0427. The van der Waals surface area contributed by atoms with E-state index in [2.05, 4.69) is 20.6 Å². The Morgan fingerprint density at radius 3 is 2.52 bits per heavy atom. The van der Waals surface area contributed by atoms with Gasteiger partial charge in [0.15, 0.2) is 5.82 Å². The number of carbonyl (C=O) groups is 1. The number of sulfonamides is 1. The molecule has 0 unspecified atom stereocenters. The highest BCUT2D eigenvalue weighted by atomic mass is 32.2. The summed E-state index contributed by atoms with van der Waals surface area (Å²) in [4.78, 5) is 23.8. The molecule has 0 atom stereocenters. The number of hydrogen-bond acceptors (Lipinski definition) is 6. The fourth-order valence-corrected chi connectivity index (χ4v) is 3.33. The van der Waals surface area contributed by atoms with Crippen LogP contribution in [-0.4, -0.2) is 40.8 Å². The summed E-state index contributed by atoms with van der Waals surface area (Å²) in [5.74, 6) is 0.133. The van der Waals surface area contributed by atoms with Gasteiger partial charge in [0.05, 0.1) is 22.3 Å². The van der Waals surface area contributed by atoms with Crippen molar-refractivity contribution in [1.29, 1.82) is 0 Å². The third kappa shape index (κ3) is 4.76. The van der Waals surface area contributed by atoms with E-state index in [-0.39, 0.29) is 16.4 Å². The van der Waals surface area contributed by atoms with Crippen molar-refractivity contribution in [1.82, 2.24) is 25.3 Å². The summed E-state index contributed by atoms with van der Waals surface area (Å²) in [6.45, 7) is 2.25. The van der Waals surface area contributed by atoms with E-state index in [0.29, 0.717) is 36.5 Å². The summed E-state index contributed by atoms with van der Waals surface area (Å²) >= 11 is 0. The SMILES string of the molecule is CCc1c(C(=O)NCCc2ccc(S(N)(=O)=O)cc2)cnn1-c1ccc(=O)[nH]n1. The van der Waals surface area contributed by atoms with E-state index in [0.717, 1.165) is 5.56 Å². The number of rotatable bonds is 7. The maximum Gasteiger partial charge on any atom is 0.264 e. The summed E-state index contributed by atoms with van der Waals surface area (Å²) in [7, 11) is -3.72. The van der Waals surface area contributed by atoms with Gasteiger partial charge in [0.2, 0.25) is 10.0 Å². The standard InChI is InChI=1S/C18H20N6O4S/c1-2-15-14(11-21-24(15)16-7-8-17(25)23-22-16)18(26)20-10-9-12-3-5-13(6-4-12)29(19,27)28/h3-8,11H,2,9-10H2,1H3,(H,20,26)(H,23,25)(H2,19,27,28). The zero-order valence-electron chi connectivity index (χ0n) is 15.6. The maximum absolute atomic E-state index is 12.6. The molecule has 0 fully saturated rings. The molecule has 1 aromatic carbocycles. The molecule has 0 aliphatic heterocycles. The highest BCUT2D eigenvalue weighted by Gasteiger charge is 2.17. The van der Waals surface area contributed by atoms with Gasteiger partial charge in [-0.05, 0) is 36.6 Å². The topological polar surface area (TPSA) is 153 Å². The van der Waals surface area contributed by atoms with Gasteiger partial charge >= 0.3 is 0 Å². The zero-order chi connectivity index (χ0) is 21.0. The molecule has 2 aromatic heterocycles. The van der Waals surface area contributed by atoms with Gasteiger partial charge in [-0.1, -0.05) is 19.1 Å². The Kier molecular flexibility index (Phi) is 5.89. The Balaban J connectivity index is 1.67. The molecule has 10 nitrogen and oxygen atoms in total. The highest BCUT2D eigenvalue weighted by molar-refractivity contribution is 7.89. The van der Waals surface area contributed by atoms with E-state index >= 15 is 0 Å². The van der Waals surface area contributed by atoms with Gasteiger partial charge in [0, 0.05) is 12.6 Å². The average molecular weight is 416 g/mol. The van der Waals surface area contributed by atoms with Crippen LogP contribution in [0.1, 0.15) is 28.5 Å². The molecule has 29 heavy (non-hydrogen) atoms. The second-order valence-corrected chi connectivity index (χ2v) is 7.81. The molecule has 4 N–H and O–H groups in total. The van der Waals surface area contributed by atoms with Crippen LogP contribution in [0.25, 0.3) is 5.82 Å². The second kappa shape index (κ2) is 8.37. The lowest BCUT2D eigenvalue weighted by molar-refractivity contribution is 0.0953. The number of carbonyl (C=O) groups excluding carboxylic acids is 1. The molecule has 0 saturated carbocycles. The van der Waals surface area contributed by atoms with Crippen molar-refractivity contribution in [3.63, 3.8) is 0 Å². The Bertz CT molecular complexity index is 1160. The monoisotopic (exact) mass is 416 g/mol. The van der Waals surface area contributed by atoms with Crippen molar-refractivity contribution in [3.8, 4) is 5.82 Å². The number of benzene rings is 1. The Labute approximate surface area is 166 Å². The number of amides is 1. The lowest BCUT2D eigenvalue weighted by atomic mass is 10.1. The Morgan fingerprint density at radius 2 is 1.93 bits per heavy atom. The Morgan fingerprint density at radius 1 is 1.21 bits per heavy atom. The fraction of sp³-hybridized carbons (Fsp3) is 0.222. The number of aromatic amines is 1. The molecule has 11 heteroatoms. The number of H-pyrrole nitrogens is 1. The van der Waals surface area contributed by atoms with Crippen molar-refractivity contribution < 1.29 is 13.2 Å². The first kappa shape index (κ1) is 20.4. The van der Waals surface area contributed by atoms with Gasteiger partial charge in [-0.15, -0.1) is 0 Å². The average Bonchev–Trinajstić information content (AvgIpc) is 3.12. The van der Waals surface area contributed by atoms with E-state index in [9.17, 15) is 18.0 Å². The van der Waals surface area contributed by atoms with Gasteiger partial charge < -0.3 is 5.32 Å². The predicted octanol–water partition coefficient (Wildman–Crippen LogP) is 0.138. The number of aromatic nitrogens is 4. The minimum Gasteiger partial charge on any atom is -0.352 e. The first-order chi connectivity index (χ1) is 13.8. The predicted molar refractivity (Wildman–Crippen MR) is 105 cm³/mol. The molecular formula is C18H20N6O4S. The summed E-state index contributed by atoms with van der Waals surface area (Å²) in [6, 6.07) is 9.04. The molecule has 2 heterocycles. The molecule has 0 aliphatic carbocycles. The van der Waals surface area contributed by atoms with Crippen molar-refractivity contribution >= 4 is 15.9 Å². The molecule has 0 saturated heterocycles. The number of nitrogens with zero attached hydrogens (tertiary/aromatic N) is 3. The minimum atomic E-state index is -3.72. The summed E-state index contributed by atoms with van der Waals surface area (Å²) in [6.07, 6.45) is 2.52. The van der Waals surface area contributed by atoms with Crippen molar-refractivity contribution in [3.05, 3.63) is 69.8 Å². The van der Waals surface area contributed by atoms with Gasteiger partial charge in [-0.25, -0.2) is 23.3 Å². The third-order valence-electron chi connectivity index (χ3n) is 4.28. The van der Waals surface area contributed by atoms with E-state index in [1.54, 1.807) is 12.1 Å². The van der Waals surface area contributed by atoms with Crippen LogP contribution in [0.15, 0.2) is 52.3 Å².